The molecule has 5 N–H and O–H groups in total. The first-order chi connectivity index (χ1) is 17.0. The number of hydrogen-bond donors (Lipinski definition) is 4. The molecule has 1 aliphatic carbocycles. The van der Waals surface area contributed by atoms with Crippen LogP contribution in [-0.4, -0.2) is 56.8 Å². The van der Waals surface area contributed by atoms with E-state index in [1.165, 1.54) is 22.0 Å². The van der Waals surface area contributed by atoms with Gasteiger partial charge in [0.05, 0.1) is 12.6 Å². The van der Waals surface area contributed by atoms with E-state index in [0.717, 1.165) is 11.1 Å². The molecule has 0 saturated heterocycles. The van der Waals surface area contributed by atoms with E-state index in [1.54, 1.807) is 0 Å². The van der Waals surface area contributed by atoms with Crippen LogP contribution in [0.1, 0.15) is 54.2 Å². The molecule has 0 bridgehead atoms. The predicted molar refractivity (Wildman–Crippen MR) is 128 cm³/mol. The van der Waals surface area contributed by atoms with E-state index in [2.05, 4.69) is 39.8 Å². The predicted octanol–water partition coefficient (Wildman–Crippen LogP) is 2.60. The molecule has 0 spiro atoms. The normalized spacial score (nSPS) is 14.1. The number of alkyl carbamates (subject to hydrolysis) is 1. The van der Waals surface area contributed by atoms with Crippen molar-refractivity contribution in [2.45, 2.75) is 37.3 Å². The molecule has 2 atom stereocenters. The molecular formula is C25H29N5O5. The number of nitrogens with zero attached hydrogens (tertiary/aromatic N) is 3. The minimum absolute atomic E-state index is 0.0112. The number of carboxylic acids is 1. The fraction of sp³-hybridized carbons (Fsp3) is 0.360. The highest BCUT2D eigenvalue weighted by molar-refractivity contribution is 5.79. The van der Waals surface area contributed by atoms with Gasteiger partial charge in [-0.05, 0) is 41.5 Å². The minimum Gasteiger partial charge on any atom is -0.480 e. The van der Waals surface area contributed by atoms with Crippen molar-refractivity contribution in [1.29, 1.82) is 0 Å². The molecule has 3 aromatic rings. The smallest absolute Gasteiger partial charge is 0.407 e. The standard InChI is InChI=1S/C25H29N5O5/c26-21(23-29-28-15-30(23)22(13-31)24(32)33)11-5-6-12-27-25(34)35-14-20-18-9-3-1-7-16(18)17-8-2-4-10-19(17)20/h1-4,7-10,15,20-22,31H,5-6,11-14,26H2,(H,27,34)(H,32,33)/t21-,22-/m0/s1. The van der Waals surface area contributed by atoms with E-state index in [-0.39, 0.29) is 12.5 Å². The Bertz CT molecular complexity index is 1130. The van der Waals surface area contributed by atoms with Gasteiger partial charge < -0.3 is 26.0 Å². The van der Waals surface area contributed by atoms with Crippen molar-refractivity contribution in [3.63, 3.8) is 0 Å². The molecule has 1 aromatic heterocycles. The molecule has 1 heterocycles. The van der Waals surface area contributed by atoms with Gasteiger partial charge >= 0.3 is 12.1 Å². The third-order valence-corrected chi connectivity index (χ3v) is 6.28. The van der Waals surface area contributed by atoms with Crippen molar-refractivity contribution in [1.82, 2.24) is 20.1 Å². The van der Waals surface area contributed by atoms with E-state index in [1.807, 2.05) is 24.3 Å². The largest absolute Gasteiger partial charge is 0.480 e. The highest BCUT2D eigenvalue weighted by Gasteiger charge is 2.29. The number of carbonyl (C=O) groups excluding carboxylic acids is 1. The second-order valence-corrected chi connectivity index (χ2v) is 8.49. The van der Waals surface area contributed by atoms with Gasteiger partial charge in [0.2, 0.25) is 0 Å². The first-order valence-electron chi connectivity index (χ1n) is 11.6. The number of ether oxygens (including phenoxy) is 1. The number of aliphatic hydroxyl groups is 1. The third-order valence-electron chi connectivity index (χ3n) is 6.28. The number of aliphatic carboxylic acids is 1. The summed E-state index contributed by atoms with van der Waals surface area (Å²) in [6.07, 6.45) is 2.64. The van der Waals surface area contributed by atoms with Gasteiger partial charge in [0.15, 0.2) is 11.9 Å². The molecule has 35 heavy (non-hydrogen) atoms. The lowest BCUT2D eigenvalue weighted by molar-refractivity contribution is -0.142. The summed E-state index contributed by atoms with van der Waals surface area (Å²) in [4.78, 5) is 23.6. The number of carboxylic acid groups (broad SMARTS) is 1. The van der Waals surface area contributed by atoms with E-state index >= 15 is 0 Å². The molecule has 0 saturated carbocycles. The molecule has 0 fully saturated rings. The van der Waals surface area contributed by atoms with Crippen molar-refractivity contribution in [2.75, 3.05) is 19.8 Å². The van der Waals surface area contributed by atoms with Gasteiger partial charge in [0.1, 0.15) is 12.9 Å². The number of nitrogens with two attached hydrogens (primary N) is 1. The van der Waals surface area contributed by atoms with Crippen LogP contribution in [0.2, 0.25) is 0 Å². The number of rotatable bonds is 11. The number of aliphatic hydroxyl groups excluding tert-OH is 1. The number of amides is 1. The first-order valence-corrected chi connectivity index (χ1v) is 11.6. The number of unbranched alkanes of at least 4 members (excludes halogenated alkanes) is 1. The number of fused-ring (bicyclic) bond motifs is 3. The maximum absolute atomic E-state index is 12.3. The number of nitrogens with one attached hydrogen (secondary N) is 1. The van der Waals surface area contributed by atoms with Gasteiger partial charge in [-0.3, -0.25) is 4.57 Å². The zero-order valence-electron chi connectivity index (χ0n) is 19.2. The van der Waals surface area contributed by atoms with Crippen LogP contribution in [0.3, 0.4) is 0 Å². The van der Waals surface area contributed by atoms with Gasteiger partial charge in [0, 0.05) is 12.5 Å². The second kappa shape index (κ2) is 11.1. The summed E-state index contributed by atoms with van der Waals surface area (Å²) in [5.41, 5.74) is 10.8. The number of carbonyl (C=O) groups is 2. The maximum atomic E-state index is 12.3. The number of hydrogen-bond acceptors (Lipinski definition) is 7. The minimum atomic E-state index is -1.19. The van der Waals surface area contributed by atoms with Crippen molar-refractivity contribution >= 4 is 12.1 Å². The number of aromatic nitrogens is 3. The van der Waals surface area contributed by atoms with Gasteiger partial charge in [-0.1, -0.05) is 48.5 Å². The average molecular weight is 480 g/mol. The van der Waals surface area contributed by atoms with Gasteiger partial charge in [-0.25, -0.2) is 9.59 Å². The van der Waals surface area contributed by atoms with Crippen LogP contribution in [0.5, 0.6) is 0 Å². The van der Waals surface area contributed by atoms with E-state index in [0.29, 0.717) is 31.6 Å². The summed E-state index contributed by atoms with van der Waals surface area (Å²) in [5, 5.41) is 29.0. The molecule has 10 heteroatoms. The summed E-state index contributed by atoms with van der Waals surface area (Å²) in [6.45, 7) is 0.0949. The van der Waals surface area contributed by atoms with Crippen molar-refractivity contribution in [2.24, 2.45) is 5.73 Å². The second-order valence-electron chi connectivity index (χ2n) is 8.49. The third kappa shape index (κ3) is 5.33. The van der Waals surface area contributed by atoms with E-state index in [4.69, 9.17) is 10.5 Å². The van der Waals surface area contributed by atoms with Crippen LogP contribution in [0.25, 0.3) is 11.1 Å². The van der Waals surface area contributed by atoms with Crippen LogP contribution >= 0.6 is 0 Å². The Labute approximate surface area is 202 Å². The Hall–Kier alpha value is -3.76. The van der Waals surface area contributed by atoms with Crippen molar-refractivity contribution in [3.05, 3.63) is 71.8 Å². The summed E-state index contributed by atoms with van der Waals surface area (Å²) in [6, 6.07) is 14.6. The molecule has 0 aliphatic heterocycles. The van der Waals surface area contributed by atoms with Gasteiger partial charge in [-0.15, -0.1) is 10.2 Å². The zero-order valence-corrected chi connectivity index (χ0v) is 19.2. The Morgan fingerprint density at radius 1 is 1.09 bits per heavy atom. The summed E-state index contributed by atoms with van der Waals surface area (Å²) in [5.74, 6) is -0.874. The van der Waals surface area contributed by atoms with Gasteiger partial charge in [0.25, 0.3) is 0 Å². The van der Waals surface area contributed by atoms with Crippen molar-refractivity contribution < 1.29 is 24.5 Å². The monoisotopic (exact) mass is 479 g/mol. The number of benzene rings is 2. The lowest BCUT2D eigenvalue weighted by atomic mass is 9.98. The van der Waals surface area contributed by atoms with Crippen LogP contribution in [0.15, 0.2) is 54.9 Å². The van der Waals surface area contributed by atoms with Crippen LogP contribution in [-0.2, 0) is 9.53 Å². The molecule has 0 unspecified atom stereocenters. The highest BCUT2D eigenvalue weighted by Crippen LogP contribution is 2.44. The summed E-state index contributed by atoms with van der Waals surface area (Å²) >= 11 is 0. The molecule has 1 aliphatic rings. The molecule has 2 aromatic carbocycles. The molecule has 4 rings (SSSR count). The van der Waals surface area contributed by atoms with E-state index in [9.17, 15) is 19.8 Å². The van der Waals surface area contributed by atoms with Gasteiger partial charge in [-0.2, -0.15) is 0 Å². The van der Waals surface area contributed by atoms with Crippen LogP contribution in [0, 0.1) is 0 Å². The SMILES string of the molecule is N[C@@H](CCCCNC(=O)OCC1c2ccccc2-c2ccccc21)c1nncn1[C@@H](CO)C(=O)O. The Morgan fingerprint density at radius 2 is 1.74 bits per heavy atom. The maximum Gasteiger partial charge on any atom is 0.407 e. The average Bonchev–Trinajstić information content (AvgIpc) is 3.46. The van der Waals surface area contributed by atoms with Crippen molar-refractivity contribution in [3.8, 4) is 11.1 Å². The summed E-state index contributed by atoms with van der Waals surface area (Å²) < 4.78 is 6.81. The molecule has 1 amide bonds. The highest BCUT2D eigenvalue weighted by atomic mass is 16.5. The molecule has 0 radical (unpaired) electrons. The Balaban J connectivity index is 1.21. The lowest BCUT2D eigenvalue weighted by Crippen LogP contribution is -2.28. The van der Waals surface area contributed by atoms with E-state index < -0.39 is 30.8 Å². The Morgan fingerprint density at radius 3 is 2.37 bits per heavy atom. The molecule has 10 nitrogen and oxygen atoms in total. The fourth-order valence-corrected chi connectivity index (χ4v) is 4.50. The topological polar surface area (TPSA) is 153 Å². The van der Waals surface area contributed by atoms with Crippen LogP contribution in [0.4, 0.5) is 4.79 Å². The fourth-order valence-electron chi connectivity index (χ4n) is 4.50. The lowest BCUT2D eigenvalue weighted by Gasteiger charge is -2.17. The molecular weight excluding hydrogens is 450 g/mol. The summed E-state index contributed by atoms with van der Waals surface area (Å²) in [7, 11) is 0. The quantitative estimate of drug-likeness (QED) is 0.306. The molecule has 184 valence electrons. The Kier molecular flexibility index (Phi) is 7.74. The zero-order chi connectivity index (χ0) is 24.8. The van der Waals surface area contributed by atoms with Crippen LogP contribution < -0.4 is 11.1 Å². The first kappa shape index (κ1) is 24.4.